The van der Waals surface area contributed by atoms with E-state index in [1.807, 2.05) is 36.4 Å². The molecule has 2 aromatic rings. The number of hydrogen-bond acceptors (Lipinski definition) is 5. The maximum Gasteiger partial charge on any atom is 0.0810 e. The Morgan fingerprint density at radius 1 is 1.29 bits per heavy atom. The first-order chi connectivity index (χ1) is 10.3. The third kappa shape index (κ3) is 2.35. The van der Waals surface area contributed by atoms with Crippen molar-refractivity contribution in [1.29, 1.82) is 0 Å². The van der Waals surface area contributed by atoms with E-state index < -0.39 is 0 Å². The molecule has 0 bridgehead atoms. The van der Waals surface area contributed by atoms with E-state index in [4.69, 9.17) is 0 Å². The van der Waals surface area contributed by atoms with Crippen molar-refractivity contribution in [2.24, 2.45) is 13.0 Å². The lowest BCUT2D eigenvalue weighted by Crippen LogP contribution is -2.46. The summed E-state index contributed by atoms with van der Waals surface area (Å²) >= 11 is 0. The molecule has 0 spiro atoms. The number of hydrazine groups is 1. The van der Waals surface area contributed by atoms with Gasteiger partial charge in [-0.3, -0.25) is 15.1 Å². The van der Waals surface area contributed by atoms with Crippen molar-refractivity contribution < 1.29 is 0 Å². The first kappa shape index (κ1) is 12.9. The Morgan fingerprint density at radius 3 is 3.00 bits per heavy atom. The van der Waals surface area contributed by atoms with Crippen molar-refractivity contribution >= 4 is 0 Å². The molecule has 2 fully saturated rings. The number of nitrogens with zero attached hydrogens (tertiary/aromatic N) is 3. The Kier molecular flexibility index (Phi) is 3.21. The molecule has 2 aromatic heterocycles. The van der Waals surface area contributed by atoms with Gasteiger partial charge >= 0.3 is 0 Å². The van der Waals surface area contributed by atoms with Crippen LogP contribution in [0.25, 0.3) is 0 Å². The molecule has 0 aliphatic carbocycles. The zero-order valence-electron chi connectivity index (χ0n) is 12.0. The van der Waals surface area contributed by atoms with E-state index in [0.29, 0.717) is 18.0 Å². The fourth-order valence-corrected chi connectivity index (χ4v) is 3.50. The predicted molar refractivity (Wildman–Crippen MR) is 79.1 cm³/mol. The van der Waals surface area contributed by atoms with Gasteiger partial charge in [-0.25, -0.2) is 5.43 Å². The quantitative estimate of drug-likeness (QED) is 0.757. The van der Waals surface area contributed by atoms with Crippen LogP contribution in [0, 0.1) is 5.92 Å². The Hall–Kier alpha value is -1.76. The SMILES string of the molecule is Cn1ccc(C2NNC3CNC(c4cccnc4)CC32)n1. The van der Waals surface area contributed by atoms with Crippen LogP contribution in [-0.4, -0.2) is 27.4 Å². The molecule has 110 valence electrons. The highest BCUT2D eigenvalue weighted by molar-refractivity contribution is 5.18. The van der Waals surface area contributed by atoms with Crippen LogP contribution in [0.2, 0.25) is 0 Å². The zero-order valence-corrected chi connectivity index (χ0v) is 12.0. The minimum absolute atomic E-state index is 0.275. The maximum atomic E-state index is 4.56. The molecule has 2 aliphatic heterocycles. The second kappa shape index (κ2) is 5.22. The Morgan fingerprint density at radius 2 is 2.24 bits per heavy atom. The number of hydrogen-bond donors (Lipinski definition) is 3. The molecule has 6 nitrogen and oxygen atoms in total. The van der Waals surface area contributed by atoms with Gasteiger partial charge in [0.15, 0.2) is 0 Å². The van der Waals surface area contributed by atoms with Crippen molar-refractivity contribution in [3.8, 4) is 0 Å². The molecule has 0 aromatic carbocycles. The highest BCUT2D eigenvalue weighted by Crippen LogP contribution is 2.37. The molecule has 0 radical (unpaired) electrons. The van der Waals surface area contributed by atoms with Gasteiger partial charge in [0.2, 0.25) is 0 Å². The summed E-state index contributed by atoms with van der Waals surface area (Å²) in [4.78, 5) is 4.24. The molecule has 4 atom stereocenters. The average Bonchev–Trinajstić information content (AvgIpc) is 3.13. The molecule has 2 saturated heterocycles. The van der Waals surface area contributed by atoms with Crippen LogP contribution < -0.4 is 16.2 Å². The van der Waals surface area contributed by atoms with Crippen molar-refractivity contribution in [1.82, 2.24) is 30.9 Å². The van der Waals surface area contributed by atoms with Crippen molar-refractivity contribution in [2.45, 2.75) is 24.5 Å². The lowest BCUT2D eigenvalue weighted by Gasteiger charge is -2.34. The van der Waals surface area contributed by atoms with Gasteiger partial charge in [0.05, 0.1) is 11.7 Å². The molecule has 0 amide bonds. The van der Waals surface area contributed by atoms with E-state index >= 15 is 0 Å². The van der Waals surface area contributed by atoms with Gasteiger partial charge in [-0.1, -0.05) is 6.07 Å². The smallest absolute Gasteiger partial charge is 0.0810 e. The molecular formula is C15H20N6. The first-order valence-electron chi connectivity index (χ1n) is 7.45. The topological polar surface area (TPSA) is 66.8 Å². The fraction of sp³-hybridized carbons (Fsp3) is 0.467. The van der Waals surface area contributed by atoms with E-state index in [9.17, 15) is 0 Å². The van der Waals surface area contributed by atoms with Crippen LogP contribution in [0.1, 0.15) is 29.8 Å². The lowest BCUT2D eigenvalue weighted by molar-refractivity contribution is 0.264. The normalized spacial score (nSPS) is 32.0. The van der Waals surface area contributed by atoms with Gasteiger partial charge in [0, 0.05) is 50.2 Å². The van der Waals surface area contributed by atoms with Gasteiger partial charge in [-0.15, -0.1) is 0 Å². The van der Waals surface area contributed by atoms with E-state index in [1.54, 1.807) is 0 Å². The van der Waals surface area contributed by atoms with Crippen molar-refractivity contribution in [3.63, 3.8) is 0 Å². The van der Waals surface area contributed by atoms with Crippen LogP contribution in [0.15, 0.2) is 36.8 Å². The summed E-state index contributed by atoms with van der Waals surface area (Å²) in [6.45, 7) is 0.959. The highest BCUT2D eigenvalue weighted by atomic mass is 15.4. The minimum Gasteiger partial charge on any atom is -0.308 e. The predicted octanol–water partition coefficient (Wildman–Crippen LogP) is 0.683. The van der Waals surface area contributed by atoms with Crippen molar-refractivity contribution in [2.75, 3.05) is 6.54 Å². The number of nitrogens with one attached hydrogen (secondary N) is 3. The van der Waals surface area contributed by atoms with E-state index in [2.05, 4.69) is 38.4 Å². The number of aryl methyl sites for hydroxylation is 1. The molecular weight excluding hydrogens is 264 g/mol. The standard InChI is InChI=1S/C15H20N6/c1-21-6-4-12(20-21)15-11-7-13(10-3-2-5-16-8-10)17-9-14(11)18-19-15/h2-6,8,11,13-15,17-19H,7,9H2,1H3. The van der Waals surface area contributed by atoms with E-state index in [-0.39, 0.29) is 6.04 Å². The monoisotopic (exact) mass is 284 g/mol. The summed E-state index contributed by atoms with van der Waals surface area (Å²) in [5.41, 5.74) is 9.21. The number of aromatic nitrogens is 3. The van der Waals surface area contributed by atoms with Crippen LogP contribution in [-0.2, 0) is 7.05 Å². The third-order valence-corrected chi connectivity index (χ3v) is 4.60. The summed E-state index contributed by atoms with van der Waals surface area (Å²) in [5.74, 6) is 0.534. The average molecular weight is 284 g/mol. The van der Waals surface area contributed by atoms with E-state index in [0.717, 1.165) is 18.7 Å². The summed E-state index contributed by atoms with van der Waals surface area (Å²) in [6.07, 6.45) is 6.87. The summed E-state index contributed by atoms with van der Waals surface area (Å²) < 4.78 is 1.87. The van der Waals surface area contributed by atoms with Crippen molar-refractivity contribution in [3.05, 3.63) is 48.0 Å². The molecule has 6 heteroatoms. The lowest BCUT2D eigenvalue weighted by atomic mass is 9.82. The number of piperidine rings is 1. The number of fused-ring (bicyclic) bond motifs is 1. The summed E-state index contributed by atoms with van der Waals surface area (Å²) in [7, 11) is 1.96. The third-order valence-electron chi connectivity index (χ3n) is 4.60. The number of pyridine rings is 1. The second-order valence-corrected chi connectivity index (χ2v) is 5.93. The summed E-state index contributed by atoms with van der Waals surface area (Å²) in [6, 6.07) is 7.35. The van der Waals surface area contributed by atoms with E-state index in [1.165, 1.54) is 5.56 Å². The largest absolute Gasteiger partial charge is 0.308 e. The molecule has 21 heavy (non-hydrogen) atoms. The van der Waals surface area contributed by atoms with Gasteiger partial charge in [-0.2, -0.15) is 5.10 Å². The van der Waals surface area contributed by atoms with Gasteiger partial charge in [0.1, 0.15) is 0 Å². The maximum absolute atomic E-state index is 4.56. The molecule has 4 unspecified atom stereocenters. The van der Waals surface area contributed by atoms with Crippen LogP contribution in [0.4, 0.5) is 0 Å². The fourth-order valence-electron chi connectivity index (χ4n) is 3.50. The second-order valence-electron chi connectivity index (χ2n) is 5.93. The van der Waals surface area contributed by atoms with Gasteiger partial charge in [0.25, 0.3) is 0 Å². The highest BCUT2D eigenvalue weighted by Gasteiger charge is 2.42. The number of rotatable bonds is 2. The minimum atomic E-state index is 0.275. The van der Waals surface area contributed by atoms with Gasteiger partial charge in [-0.05, 0) is 24.1 Å². The zero-order chi connectivity index (χ0) is 14.2. The first-order valence-corrected chi connectivity index (χ1v) is 7.45. The Balaban J connectivity index is 1.56. The molecule has 0 saturated carbocycles. The molecule has 4 heterocycles. The van der Waals surface area contributed by atoms with Gasteiger partial charge < -0.3 is 5.32 Å². The van der Waals surface area contributed by atoms with Crippen LogP contribution in [0.3, 0.4) is 0 Å². The van der Waals surface area contributed by atoms with Crippen LogP contribution in [0.5, 0.6) is 0 Å². The summed E-state index contributed by atoms with van der Waals surface area (Å²) in [5, 5.41) is 8.18. The molecule has 3 N–H and O–H groups in total. The molecule has 2 aliphatic rings. The van der Waals surface area contributed by atoms with Crippen LogP contribution >= 0.6 is 0 Å². The Labute approximate surface area is 123 Å². The molecule has 4 rings (SSSR count). The Bertz CT molecular complexity index is 610.